The van der Waals surface area contributed by atoms with Gasteiger partial charge >= 0.3 is 0 Å². The number of dihydropyridines is 1. The van der Waals surface area contributed by atoms with Crippen LogP contribution in [0.2, 0.25) is 0 Å². The minimum Gasteiger partial charge on any atom is -0.393 e. The average molecular weight is 190 g/mol. The highest BCUT2D eigenvalue weighted by Crippen LogP contribution is 2.17. The van der Waals surface area contributed by atoms with Crippen molar-refractivity contribution in [3.63, 3.8) is 0 Å². The molecule has 0 aromatic heterocycles. The van der Waals surface area contributed by atoms with Crippen LogP contribution < -0.4 is 5.32 Å². The second kappa shape index (κ2) is 2.54. The summed E-state index contributed by atoms with van der Waals surface area (Å²) in [5.74, 6) is 0. The van der Waals surface area contributed by atoms with E-state index < -0.39 is 4.45 Å². The van der Waals surface area contributed by atoms with Gasteiger partial charge in [0.15, 0.2) is 0 Å². The quantitative estimate of drug-likeness (QED) is 0.472. The lowest BCUT2D eigenvalue weighted by Crippen LogP contribution is -2.38. The number of halogens is 1. The first kappa shape index (κ1) is 6.83. The maximum absolute atomic E-state index is 8.76. The van der Waals surface area contributed by atoms with Crippen molar-refractivity contribution in [1.29, 1.82) is 0 Å². The molecule has 0 bridgehead atoms. The highest BCUT2D eigenvalue weighted by Gasteiger charge is 2.20. The van der Waals surface area contributed by atoms with Gasteiger partial charge in [-0.2, -0.15) is 0 Å². The smallest absolute Gasteiger partial charge is 0.135 e. The maximum atomic E-state index is 8.76. The Labute approximate surface area is 62.4 Å². The van der Waals surface area contributed by atoms with Gasteiger partial charge in [-0.1, -0.05) is 22.0 Å². The molecule has 0 fully saturated rings. The maximum Gasteiger partial charge on any atom is 0.135 e. The van der Waals surface area contributed by atoms with Crippen molar-refractivity contribution in [3.05, 3.63) is 24.4 Å². The predicted octanol–water partition coefficient (Wildman–Crippen LogP) is 0.743. The van der Waals surface area contributed by atoms with Crippen molar-refractivity contribution in [2.24, 2.45) is 0 Å². The minimum absolute atomic E-state index is 0.0494. The van der Waals surface area contributed by atoms with Gasteiger partial charge in [-0.15, -0.1) is 0 Å². The molecule has 0 amide bonds. The third-order valence-corrected chi connectivity index (χ3v) is 1.87. The molecular weight excluding hydrogens is 182 g/mol. The molecule has 0 saturated heterocycles. The highest BCUT2D eigenvalue weighted by molar-refractivity contribution is 9.10. The third kappa shape index (κ3) is 1.56. The van der Waals surface area contributed by atoms with Crippen molar-refractivity contribution >= 4 is 15.9 Å². The van der Waals surface area contributed by atoms with Gasteiger partial charge in [-0.25, -0.2) is 0 Å². The zero-order chi connectivity index (χ0) is 6.74. The summed E-state index contributed by atoms with van der Waals surface area (Å²) in [6, 6.07) is 0. The lowest BCUT2D eigenvalue weighted by Gasteiger charge is -2.23. The molecule has 0 saturated carbocycles. The van der Waals surface area contributed by atoms with Crippen LogP contribution in [-0.4, -0.2) is 16.2 Å². The van der Waals surface area contributed by atoms with E-state index in [4.69, 9.17) is 5.11 Å². The largest absolute Gasteiger partial charge is 0.393 e. The van der Waals surface area contributed by atoms with E-state index in [0.717, 1.165) is 0 Å². The first-order chi connectivity index (χ1) is 4.27. The highest BCUT2D eigenvalue weighted by atomic mass is 79.9. The molecule has 0 unspecified atom stereocenters. The number of hydrogen-bond donors (Lipinski definition) is 2. The summed E-state index contributed by atoms with van der Waals surface area (Å²) in [6.07, 6.45) is 7.38. The molecule has 0 radical (unpaired) electrons. The Bertz CT molecular complexity index is 155. The van der Waals surface area contributed by atoms with E-state index in [2.05, 4.69) is 21.2 Å². The molecule has 3 heteroatoms. The Hall–Kier alpha value is -0.280. The van der Waals surface area contributed by atoms with E-state index in [1.165, 1.54) is 0 Å². The fourth-order valence-corrected chi connectivity index (χ4v) is 0.882. The normalized spacial score (nSPS) is 32.2. The Morgan fingerprint density at radius 2 is 2.33 bits per heavy atom. The molecule has 2 N–H and O–H groups in total. The van der Waals surface area contributed by atoms with E-state index in [1.807, 2.05) is 18.2 Å². The fourth-order valence-electron chi connectivity index (χ4n) is 0.597. The first-order valence-corrected chi connectivity index (χ1v) is 3.48. The van der Waals surface area contributed by atoms with Crippen molar-refractivity contribution in [2.75, 3.05) is 6.61 Å². The number of aliphatic hydroxyl groups is 1. The van der Waals surface area contributed by atoms with Gasteiger partial charge in [0, 0.05) is 0 Å². The number of allylic oxidation sites excluding steroid dienone is 2. The lowest BCUT2D eigenvalue weighted by molar-refractivity contribution is 0.261. The van der Waals surface area contributed by atoms with Crippen LogP contribution in [0.25, 0.3) is 0 Å². The lowest BCUT2D eigenvalue weighted by atomic mass is 10.2. The predicted molar refractivity (Wildman–Crippen MR) is 40.2 cm³/mol. The van der Waals surface area contributed by atoms with Crippen LogP contribution >= 0.6 is 15.9 Å². The fraction of sp³-hybridized carbons (Fsp3) is 0.333. The minimum atomic E-state index is -0.429. The monoisotopic (exact) mass is 189 g/mol. The Balaban J connectivity index is 2.63. The van der Waals surface area contributed by atoms with Crippen LogP contribution in [0.5, 0.6) is 0 Å². The molecule has 1 atom stereocenters. The van der Waals surface area contributed by atoms with Gasteiger partial charge in [0.25, 0.3) is 0 Å². The van der Waals surface area contributed by atoms with E-state index in [1.54, 1.807) is 6.20 Å². The SMILES string of the molecule is OC[C@@]1(Br)C=CC=CN1. The summed E-state index contributed by atoms with van der Waals surface area (Å²) >= 11 is 3.30. The molecular formula is C6H8BrNO. The molecule has 1 rings (SSSR count). The first-order valence-electron chi connectivity index (χ1n) is 2.69. The average Bonchev–Trinajstić information content (AvgIpc) is 1.90. The molecule has 9 heavy (non-hydrogen) atoms. The number of aliphatic hydroxyl groups excluding tert-OH is 1. The van der Waals surface area contributed by atoms with Crippen LogP contribution in [0.15, 0.2) is 24.4 Å². The summed E-state index contributed by atoms with van der Waals surface area (Å²) in [5, 5.41) is 11.7. The summed E-state index contributed by atoms with van der Waals surface area (Å²) in [5.41, 5.74) is 0. The second-order valence-corrected chi connectivity index (χ2v) is 3.30. The van der Waals surface area contributed by atoms with Crippen molar-refractivity contribution < 1.29 is 5.11 Å². The van der Waals surface area contributed by atoms with Crippen LogP contribution in [0.1, 0.15) is 0 Å². The Morgan fingerprint density at radius 1 is 1.56 bits per heavy atom. The standard InChI is InChI=1S/C6H8BrNO/c7-6(5-9)3-1-2-4-8-6/h1-4,8-9H,5H2/t6-/m1/s1. The van der Waals surface area contributed by atoms with E-state index in [0.29, 0.717) is 0 Å². The number of rotatable bonds is 1. The topological polar surface area (TPSA) is 32.3 Å². The van der Waals surface area contributed by atoms with E-state index in [-0.39, 0.29) is 6.61 Å². The van der Waals surface area contributed by atoms with Gasteiger partial charge in [0.1, 0.15) is 4.45 Å². The molecule has 0 aromatic rings. The van der Waals surface area contributed by atoms with Crippen LogP contribution in [0.3, 0.4) is 0 Å². The van der Waals surface area contributed by atoms with Crippen LogP contribution in [-0.2, 0) is 0 Å². The van der Waals surface area contributed by atoms with Gasteiger partial charge in [0.2, 0.25) is 0 Å². The molecule has 1 aliphatic rings. The molecule has 2 nitrogen and oxygen atoms in total. The van der Waals surface area contributed by atoms with Gasteiger partial charge < -0.3 is 10.4 Å². The number of hydrogen-bond acceptors (Lipinski definition) is 2. The second-order valence-electron chi connectivity index (χ2n) is 1.88. The van der Waals surface area contributed by atoms with Crippen molar-refractivity contribution in [2.45, 2.75) is 4.45 Å². The van der Waals surface area contributed by atoms with Gasteiger partial charge in [-0.05, 0) is 18.4 Å². The summed E-state index contributed by atoms with van der Waals surface area (Å²) in [6.45, 7) is 0.0494. The number of nitrogens with one attached hydrogen (secondary N) is 1. The van der Waals surface area contributed by atoms with Crippen molar-refractivity contribution in [3.8, 4) is 0 Å². The Morgan fingerprint density at radius 3 is 2.67 bits per heavy atom. The van der Waals surface area contributed by atoms with Gasteiger partial charge in [0.05, 0.1) is 6.61 Å². The number of alkyl halides is 1. The molecule has 50 valence electrons. The van der Waals surface area contributed by atoms with Crippen LogP contribution in [0.4, 0.5) is 0 Å². The third-order valence-electron chi connectivity index (χ3n) is 1.12. The van der Waals surface area contributed by atoms with Crippen molar-refractivity contribution in [1.82, 2.24) is 5.32 Å². The summed E-state index contributed by atoms with van der Waals surface area (Å²) < 4.78 is -0.429. The molecule has 1 aliphatic heterocycles. The molecule has 0 aliphatic carbocycles. The molecule has 1 heterocycles. The zero-order valence-corrected chi connectivity index (χ0v) is 6.43. The Kier molecular flexibility index (Phi) is 1.93. The molecule has 0 aromatic carbocycles. The summed E-state index contributed by atoms with van der Waals surface area (Å²) in [7, 11) is 0. The van der Waals surface area contributed by atoms with Crippen LogP contribution in [0, 0.1) is 0 Å². The zero-order valence-electron chi connectivity index (χ0n) is 4.84. The summed E-state index contributed by atoms with van der Waals surface area (Å²) in [4.78, 5) is 0. The molecule has 0 spiro atoms. The van der Waals surface area contributed by atoms with Gasteiger partial charge in [-0.3, -0.25) is 0 Å². The van der Waals surface area contributed by atoms with E-state index in [9.17, 15) is 0 Å². The van der Waals surface area contributed by atoms with E-state index >= 15 is 0 Å².